The molecule has 1 saturated heterocycles. The van der Waals surface area contributed by atoms with Crippen LogP contribution >= 0.6 is 35.2 Å². The summed E-state index contributed by atoms with van der Waals surface area (Å²) in [5.41, 5.74) is 3.30. The molecule has 3 rings (SSSR count). The minimum absolute atomic E-state index is 0.0255. The van der Waals surface area contributed by atoms with Gasteiger partial charge in [-0.15, -0.1) is 0 Å². The van der Waals surface area contributed by atoms with Crippen molar-refractivity contribution in [1.29, 1.82) is 0 Å². The number of carbonyl (C=O) groups excluding carboxylic acids is 3. The van der Waals surface area contributed by atoms with Gasteiger partial charge in [-0.25, -0.2) is 28.6 Å². The fourth-order valence-corrected chi connectivity index (χ4v) is 8.21. The van der Waals surface area contributed by atoms with Crippen molar-refractivity contribution in [1.82, 2.24) is 30.2 Å². The number of rotatable bonds is 21. The van der Waals surface area contributed by atoms with Crippen molar-refractivity contribution in [2.45, 2.75) is 64.8 Å². The maximum atomic E-state index is 12.7. The SMILES string of the molecule is CC(C)(CO)C(=O)SCCNC(=O)CCNC(=O)[C@H](O)C(C)(C)COP(=O)(O)OP(=O)(O)OC[C@H]1O[C@@H](n2cnc3c(N)ncnc32)[C@H](O)[C@@H]1OP(=O)(O)O. The van der Waals surface area contributed by atoms with E-state index in [1.54, 1.807) is 13.8 Å². The number of fused-ring (bicyclic) bond motifs is 1. The molecular formula is C26H44N7O18P3S. The van der Waals surface area contributed by atoms with Crippen molar-refractivity contribution in [3.05, 3.63) is 12.7 Å². The number of amides is 2. The van der Waals surface area contributed by atoms with Gasteiger partial charge in [0.25, 0.3) is 0 Å². The van der Waals surface area contributed by atoms with E-state index >= 15 is 0 Å². The van der Waals surface area contributed by atoms with Crippen LogP contribution in [0.3, 0.4) is 0 Å². The first-order valence-electron chi connectivity index (χ1n) is 16.0. The lowest BCUT2D eigenvalue weighted by Crippen LogP contribution is -2.46. The number of thioether (sulfide) groups is 1. The second-order valence-corrected chi connectivity index (χ2v) is 18.6. The number of imidazole rings is 1. The van der Waals surface area contributed by atoms with Crippen LogP contribution in [0.1, 0.15) is 40.3 Å². The number of nitrogen functional groups attached to an aromatic ring is 1. The number of aliphatic hydroxyl groups is 3. The summed E-state index contributed by atoms with van der Waals surface area (Å²) in [5, 5.41) is 35.2. The first-order valence-corrected chi connectivity index (χ1v) is 21.5. The van der Waals surface area contributed by atoms with E-state index < -0.39 is 90.0 Å². The first kappa shape index (κ1) is 46.9. The Morgan fingerprint density at radius 1 is 1.04 bits per heavy atom. The number of aliphatic hydroxyl groups excluding tert-OH is 3. The summed E-state index contributed by atoms with van der Waals surface area (Å²) < 4.78 is 62.0. The van der Waals surface area contributed by atoms with Gasteiger partial charge in [0, 0.05) is 30.7 Å². The lowest BCUT2D eigenvalue weighted by atomic mass is 9.87. The molecule has 1 aliphatic rings. The number of hydrogen-bond donors (Lipinski definition) is 10. The Kier molecular flexibility index (Phi) is 16.1. The topological polar surface area (TPSA) is 384 Å². The predicted octanol–water partition coefficient (Wildman–Crippen LogP) is -1.32. The van der Waals surface area contributed by atoms with Crippen LogP contribution in [0.25, 0.3) is 11.2 Å². The third-order valence-corrected chi connectivity index (χ3v) is 12.0. The molecule has 3 heterocycles. The molecule has 2 amide bonds. The molecule has 0 aromatic carbocycles. The highest BCUT2D eigenvalue weighted by Crippen LogP contribution is 2.61. The minimum Gasteiger partial charge on any atom is -0.395 e. The summed E-state index contributed by atoms with van der Waals surface area (Å²) in [6, 6.07) is 0. The summed E-state index contributed by atoms with van der Waals surface area (Å²) in [6.07, 6.45) is -7.00. The Hall–Kier alpha value is -2.48. The van der Waals surface area contributed by atoms with Crippen LogP contribution in [0.5, 0.6) is 0 Å². The van der Waals surface area contributed by atoms with Crippen molar-refractivity contribution in [3.63, 3.8) is 0 Å². The van der Waals surface area contributed by atoms with Crippen LogP contribution in [0.15, 0.2) is 12.7 Å². The van der Waals surface area contributed by atoms with E-state index in [9.17, 15) is 63.0 Å². The molecule has 1 fully saturated rings. The molecule has 0 radical (unpaired) electrons. The van der Waals surface area contributed by atoms with E-state index in [2.05, 4.69) is 34.4 Å². The molecule has 0 aliphatic carbocycles. The van der Waals surface area contributed by atoms with Gasteiger partial charge in [0.15, 0.2) is 22.8 Å². The summed E-state index contributed by atoms with van der Waals surface area (Å²) in [5.74, 6) is -1.28. The smallest absolute Gasteiger partial charge is 0.395 e. The summed E-state index contributed by atoms with van der Waals surface area (Å²) in [4.78, 5) is 87.5. The van der Waals surface area contributed by atoms with Gasteiger partial charge in [-0.3, -0.25) is 32.5 Å². The minimum atomic E-state index is -5.58. The number of carbonyl (C=O) groups is 3. The number of anilines is 1. The molecule has 55 heavy (non-hydrogen) atoms. The number of nitrogens with two attached hydrogens (primary N) is 1. The van der Waals surface area contributed by atoms with Gasteiger partial charge in [-0.1, -0.05) is 25.6 Å². The number of nitrogens with one attached hydrogen (secondary N) is 2. The Morgan fingerprint density at radius 2 is 1.69 bits per heavy atom. The number of phosphoric ester groups is 3. The van der Waals surface area contributed by atoms with Crippen LogP contribution in [-0.4, -0.2) is 134 Å². The van der Waals surface area contributed by atoms with E-state index in [1.807, 2.05) is 0 Å². The molecule has 11 N–H and O–H groups in total. The fourth-order valence-electron chi connectivity index (χ4n) is 4.53. The van der Waals surface area contributed by atoms with Crippen LogP contribution in [0.4, 0.5) is 5.82 Å². The number of hydrogen-bond acceptors (Lipinski definition) is 19. The average molecular weight is 868 g/mol. The molecule has 0 spiro atoms. The van der Waals surface area contributed by atoms with Crippen molar-refractivity contribution in [2.24, 2.45) is 10.8 Å². The Morgan fingerprint density at radius 3 is 2.33 bits per heavy atom. The number of phosphoric acid groups is 3. The van der Waals surface area contributed by atoms with E-state index in [4.69, 9.17) is 19.5 Å². The average Bonchev–Trinajstić information content (AvgIpc) is 3.64. The maximum absolute atomic E-state index is 12.7. The summed E-state index contributed by atoms with van der Waals surface area (Å²) in [7, 11) is -16.4. The third-order valence-electron chi connectivity index (χ3n) is 7.68. The van der Waals surface area contributed by atoms with Crippen molar-refractivity contribution in [2.75, 3.05) is 44.4 Å². The largest absolute Gasteiger partial charge is 0.481 e. The quantitative estimate of drug-likeness (QED) is 0.0514. The Bertz CT molecular complexity index is 1830. The van der Waals surface area contributed by atoms with Crippen LogP contribution in [0, 0.1) is 10.8 Å². The second kappa shape index (κ2) is 18.9. The Labute approximate surface area is 317 Å². The zero-order valence-electron chi connectivity index (χ0n) is 29.7. The molecular weight excluding hydrogens is 823 g/mol. The first-order chi connectivity index (χ1) is 25.3. The van der Waals surface area contributed by atoms with Crippen molar-refractivity contribution in [3.8, 4) is 0 Å². The highest BCUT2D eigenvalue weighted by Gasteiger charge is 2.50. The molecule has 2 aromatic heterocycles. The zero-order valence-corrected chi connectivity index (χ0v) is 33.2. The van der Waals surface area contributed by atoms with Gasteiger partial charge in [-0.05, 0) is 13.8 Å². The van der Waals surface area contributed by atoms with Gasteiger partial charge >= 0.3 is 23.5 Å². The number of ether oxygens (including phenoxy) is 1. The number of aromatic nitrogens is 4. The van der Waals surface area contributed by atoms with E-state index in [1.165, 1.54) is 13.8 Å². The Balaban J connectivity index is 1.50. The van der Waals surface area contributed by atoms with Gasteiger partial charge in [0.1, 0.15) is 36.3 Å². The van der Waals surface area contributed by atoms with Gasteiger partial charge in [-0.2, -0.15) is 4.31 Å². The number of nitrogens with zero attached hydrogens (tertiary/aromatic N) is 4. The molecule has 0 saturated carbocycles. The van der Waals surface area contributed by atoms with E-state index in [0.717, 1.165) is 29.0 Å². The van der Waals surface area contributed by atoms with E-state index in [-0.39, 0.29) is 54.0 Å². The molecule has 2 unspecified atom stereocenters. The molecule has 25 nitrogen and oxygen atoms in total. The molecule has 2 aromatic rings. The van der Waals surface area contributed by atoms with Crippen molar-refractivity contribution < 1.29 is 85.6 Å². The third kappa shape index (κ3) is 13.6. The highest BCUT2D eigenvalue weighted by molar-refractivity contribution is 8.13. The van der Waals surface area contributed by atoms with Gasteiger partial charge in [0.05, 0.1) is 31.6 Å². The fraction of sp³-hybridized carbons (Fsp3) is 0.692. The molecule has 1 aliphatic heterocycles. The predicted molar refractivity (Wildman–Crippen MR) is 188 cm³/mol. The van der Waals surface area contributed by atoms with Gasteiger partial charge < -0.3 is 56.0 Å². The van der Waals surface area contributed by atoms with Crippen LogP contribution in [0.2, 0.25) is 0 Å². The maximum Gasteiger partial charge on any atom is 0.481 e. The molecule has 29 heteroatoms. The monoisotopic (exact) mass is 867 g/mol. The second-order valence-electron chi connectivity index (χ2n) is 13.2. The van der Waals surface area contributed by atoms with E-state index in [0.29, 0.717) is 0 Å². The van der Waals surface area contributed by atoms with Crippen LogP contribution in [-0.2, 0) is 50.7 Å². The summed E-state index contributed by atoms with van der Waals surface area (Å²) in [6.45, 7) is 3.17. The zero-order chi connectivity index (χ0) is 41.6. The molecule has 312 valence electrons. The normalized spacial score (nSPS) is 22.2. The molecule has 0 bridgehead atoms. The van der Waals surface area contributed by atoms with Crippen molar-refractivity contribution >= 4 is 69.1 Å². The standard InChI is InChI=1S/C26H44N7O18P3S/c1-25(2,10-34)24(39)55-8-7-28-15(35)5-6-29-22(38)19(37)26(3,4)11-48-54(45,46)51-53(43,44)47-9-14-18(50-52(40,41)42)17(36)23(49-14)33-13-32-16-20(27)30-12-31-21(16)33/h12-14,17-19,23,34,36-37H,5-11H2,1-4H3,(H,28,35)(H,29,38)(H,43,44)(H,45,46)(H2,27,30,31)(H2,40,41,42)/t14-,17-,18-,19+,23-/m1/s1. The van der Waals surface area contributed by atoms with Gasteiger partial charge in [0.2, 0.25) is 11.8 Å². The van der Waals surface area contributed by atoms with Crippen LogP contribution < -0.4 is 16.4 Å². The lowest BCUT2D eigenvalue weighted by molar-refractivity contribution is -0.137. The lowest BCUT2D eigenvalue weighted by Gasteiger charge is -2.30. The summed E-state index contributed by atoms with van der Waals surface area (Å²) >= 11 is 0.942. The molecule has 7 atom stereocenters. The highest BCUT2D eigenvalue weighted by atomic mass is 32.2.